The lowest BCUT2D eigenvalue weighted by Gasteiger charge is -2.29. The van der Waals surface area contributed by atoms with Gasteiger partial charge in [0.25, 0.3) is 5.91 Å². The van der Waals surface area contributed by atoms with Crippen LogP contribution in [0.5, 0.6) is 0 Å². The van der Waals surface area contributed by atoms with Gasteiger partial charge in [-0.25, -0.2) is 4.98 Å². The predicted molar refractivity (Wildman–Crippen MR) is 93.0 cm³/mol. The van der Waals surface area contributed by atoms with Crippen molar-refractivity contribution in [2.24, 2.45) is 5.92 Å². The minimum absolute atomic E-state index is 0.0553. The molecule has 5 nitrogen and oxygen atoms in total. The summed E-state index contributed by atoms with van der Waals surface area (Å²) in [5, 5.41) is 4.92. The van der Waals surface area contributed by atoms with Gasteiger partial charge >= 0.3 is 6.18 Å². The maximum atomic E-state index is 12.5. The van der Waals surface area contributed by atoms with E-state index in [4.69, 9.17) is 0 Å². The van der Waals surface area contributed by atoms with Gasteiger partial charge in [-0.2, -0.15) is 13.2 Å². The Kier molecular flexibility index (Phi) is 5.57. The second-order valence-corrected chi connectivity index (χ2v) is 7.34. The number of nitrogens with one attached hydrogen (secondary N) is 1. The molecule has 0 atom stereocenters. The Bertz CT molecular complexity index is 752. The number of hydrogen-bond acceptors (Lipinski definition) is 5. The molecule has 1 N–H and O–H groups in total. The number of halogens is 3. The first-order chi connectivity index (χ1) is 12.3. The van der Waals surface area contributed by atoms with Crippen molar-refractivity contribution in [3.63, 3.8) is 0 Å². The fraction of sp³-hybridized carbons (Fsp3) is 0.471. The van der Waals surface area contributed by atoms with Gasteiger partial charge in [0.05, 0.1) is 11.3 Å². The molecule has 0 radical (unpaired) electrons. The Morgan fingerprint density at radius 3 is 2.69 bits per heavy atom. The van der Waals surface area contributed by atoms with Crippen molar-refractivity contribution < 1.29 is 18.0 Å². The number of anilines is 1. The zero-order chi connectivity index (χ0) is 18.7. The second-order valence-electron chi connectivity index (χ2n) is 6.49. The molecule has 140 valence electrons. The number of amides is 1. The van der Waals surface area contributed by atoms with Crippen molar-refractivity contribution in [3.05, 3.63) is 40.7 Å². The van der Waals surface area contributed by atoms with E-state index in [2.05, 4.69) is 27.1 Å². The highest BCUT2D eigenvalue weighted by molar-refractivity contribution is 7.13. The van der Waals surface area contributed by atoms with Crippen molar-refractivity contribution in [2.45, 2.75) is 32.5 Å². The maximum absolute atomic E-state index is 12.5. The first-order valence-corrected chi connectivity index (χ1v) is 9.20. The molecule has 1 amide bonds. The van der Waals surface area contributed by atoms with Crippen LogP contribution in [0.3, 0.4) is 0 Å². The highest BCUT2D eigenvalue weighted by Gasteiger charge is 2.32. The van der Waals surface area contributed by atoms with Crippen LogP contribution in [-0.4, -0.2) is 33.9 Å². The molecule has 0 aromatic carbocycles. The Morgan fingerprint density at radius 1 is 1.35 bits per heavy atom. The van der Waals surface area contributed by atoms with E-state index in [-0.39, 0.29) is 5.56 Å². The molecular weight excluding hydrogens is 365 g/mol. The summed E-state index contributed by atoms with van der Waals surface area (Å²) in [5.74, 6) is 0.229. The number of rotatable bonds is 4. The number of nitrogens with zero attached hydrogens (tertiary/aromatic N) is 3. The van der Waals surface area contributed by atoms with E-state index in [9.17, 15) is 18.0 Å². The average molecular weight is 384 g/mol. The van der Waals surface area contributed by atoms with Crippen LogP contribution in [0.2, 0.25) is 0 Å². The van der Waals surface area contributed by atoms with Gasteiger partial charge in [-0.05, 0) is 44.0 Å². The zero-order valence-electron chi connectivity index (χ0n) is 14.2. The van der Waals surface area contributed by atoms with E-state index in [1.54, 1.807) is 0 Å². The smallest absolute Gasteiger partial charge is 0.298 e. The van der Waals surface area contributed by atoms with Crippen LogP contribution in [0, 0.1) is 5.92 Å². The zero-order valence-corrected chi connectivity index (χ0v) is 15.0. The van der Waals surface area contributed by atoms with Crippen molar-refractivity contribution in [2.75, 3.05) is 18.4 Å². The first kappa shape index (κ1) is 18.8. The molecule has 9 heteroatoms. The SMILES string of the molecule is CC1CCN(Cc2csc(NC(=O)c3ccc(C(F)(F)F)nc3)n2)CC1. The van der Waals surface area contributed by atoms with E-state index in [0.717, 1.165) is 49.6 Å². The summed E-state index contributed by atoms with van der Waals surface area (Å²) in [6.45, 7) is 5.07. The van der Waals surface area contributed by atoms with Gasteiger partial charge in [0.2, 0.25) is 0 Å². The largest absolute Gasteiger partial charge is 0.433 e. The molecule has 0 aliphatic carbocycles. The number of thiazole rings is 1. The fourth-order valence-corrected chi connectivity index (χ4v) is 3.45. The summed E-state index contributed by atoms with van der Waals surface area (Å²) in [6, 6.07) is 1.90. The normalized spacial score (nSPS) is 16.6. The highest BCUT2D eigenvalue weighted by Crippen LogP contribution is 2.27. The standard InChI is InChI=1S/C17H19F3N4OS/c1-11-4-6-24(7-5-11)9-13-10-26-16(22-13)23-15(25)12-2-3-14(21-8-12)17(18,19)20/h2-3,8,10-11H,4-7,9H2,1H3,(H,22,23,25). The number of pyridine rings is 1. The topological polar surface area (TPSA) is 58.1 Å². The van der Waals surface area contributed by atoms with E-state index in [1.165, 1.54) is 24.2 Å². The molecule has 1 aliphatic rings. The minimum Gasteiger partial charge on any atom is -0.298 e. The third kappa shape index (κ3) is 4.79. The molecule has 2 aromatic rings. The molecule has 0 bridgehead atoms. The van der Waals surface area contributed by atoms with Gasteiger partial charge < -0.3 is 0 Å². The predicted octanol–water partition coefficient (Wildman–Crippen LogP) is 4.04. The summed E-state index contributed by atoms with van der Waals surface area (Å²) in [6.07, 6.45) is -1.25. The third-order valence-corrected chi connectivity index (χ3v) is 5.16. The lowest BCUT2D eigenvalue weighted by atomic mass is 9.99. The van der Waals surface area contributed by atoms with Gasteiger partial charge in [-0.1, -0.05) is 6.92 Å². The molecule has 0 unspecified atom stereocenters. The van der Waals surface area contributed by atoms with Crippen LogP contribution in [0.15, 0.2) is 23.7 Å². The third-order valence-electron chi connectivity index (χ3n) is 4.35. The summed E-state index contributed by atoms with van der Waals surface area (Å²) in [4.78, 5) is 22.2. The van der Waals surface area contributed by atoms with Crippen molar-refractivity contribution in [1.29, 1.82) is 0 Å². The molecule has 1 saturated heterocycles. The van der Waals surface area contributed by atoms with E-state index in [0.29, 0.717) is 5.13 Å². The van der Waals surface area contributed by atoms with Gasteiger partial charge in [0, 0.05) is 18.1 Å². The van der Waals surface area contributed by atoms with Crippen molar-refractivity contribution in [1.82, 2.24) is 14.9 Å². The number of piperidine rings is 1. The highest BCUT2D eigenvalue weighted by atomic mass is 32.1. The number of carbonyl (C=O) groups excluding carboxylic acids is 1. The Morgan fingerprint density at radius 2 is 2.08 bits per heavy atom. The number of carbonyl (C=O) groups is 1. The monoisotopic (exact) mass is 384 g/mol. The molecule has 0 spiro atoms. The number of alkyl halides is 3. The first-order valence-electron chi connectivity index (χ1n) is 8.32. The Balaban J connectivity index is 1.57. The molecule has 1 fully saturated rings. The van der Waals surface area contributed by atoms with Crippen molar-refractivity contribution >= 4 is 22.4 Å². The van der Waals surface area contributed by atoms with Crippen LogP contribution in [0.1, 0.15) is 41.5 Å². The number of hydrogen-bond donors (Lipinski definition) is 1. The molecule has 1 aliphatic heterocycles. The summed E-state index contributed by atoms with van der Waals surface area (Å²) in [7, 11) is 0. The summed E-state index contributed by atoms with van der Waals surface area (Å²) in [5.41, 5.74) is -0.0911. The summed E-state index contributed by atoms with van der Waals surface area (Å²) < 4.78 is 37.5. The molecule has 26 heavy (non-hydrogen) atoms. The molecule has 3 heterocycles. The fourth-order valence-electron chi connectivity index (χ4n) is 2.75. The number of likely N-dealkylation sites (tertiary alicyclic amines) is 1. The van der Waals surface area contributed by atoms with Crippen LogP contribution >= 0.6 is 11.3 Å². The Hall–Kier alpha value is -2.00. The number of aromatic nitrogens is 2. The molecule has 3 rings (SSSR count). The van der Waals surface area contributed by atoms with E-state index in [1.807, 2.05) is 5.38 Å². The molecular formula is C17H19F3N4OS. The van der Waals surface area contributed by atoms with Crippen LogP contribution in [0.25, 0.3) is 0 Å². The Labute approximate surface area is 153 Å². The van der Waals surface area contributed by atoms with Gasteiger partial charge in [0.15, 0.2) is 5.13 Å². The average Bonchev–Trinajstić information content (AvgIpc) is 3.03. The quantitative estimate of drug-likeness (QED) is 0.864. The van der Waals surface area contributed by atoms with E-state index < -0.39 is 17.8 Å². The van der Waals surface area contributed by atoms with E-state index >= 15 is 0 Å². The minimum atomic E-state index is -4.52. The van der Waals surface area contributed by atoms with Gasteiger partial charge in [-0.15, -0.1) is 11.3 Å². The second kappa shape index (κ2) is 7.71. The molecule has 0 saturated carbocycles. The van der Waals surface area contributed by atoms with Crippen LogP contribution in [0.4, 0.5) is 18.3 Å². The van der Waals surface area contributed by atoms with Gasteiger partial charge in [0.1, 0.15) is 5.69 Å². The molecule has 2 aromatic heterocycles. The lowest BCUT2D eigenvalue weighted by Crippen LogP contribution is -2.32. The lowest BCUT2D eigenvalue weighted by molar-refractivity contribution is -0.141. The van der Waals surface area contributed by atoms with Crippen LogP contribution in [-0.2, 0) is 12.7 Å². The van der Waals surface area contributed by atoms with Crippen LogP contribution < -0.4 is 5.32 Å². The van der Waals surface area contributed by atoms with Crippen molar-refractivity contribution in [3.8, 4) is 0 Å². The maximum Gasteiger partial charge on any atom is 0.433 e. The summed E-state index contributed by atoms with van der Waals surface area (Å²) >= 11 is 1.30. The van der Waals surface area contributed by atoms with Gasteiger partial charge in [-0.3, -0.25) is 20.0 Å².